The summed E-state index contributed by atoms with van der Waals surface area (Å²) in [5.74, 6) is -0.126. The predicted octanol–water partition coefficient (Wildman–Crippen LogP) is 3.01. The summed E-state index contributed by atoms with van der Waals surface area (Å²) in [4.78, 5) is 12.4. The SMILES string of the molecule is Cc1c(N)cc(Br)cc1C(=O)NCC1(CO)CCCCC1. The van der Waals surface area contributed by atoms with Crippen molar-refractivity contribution in [2.75, 3.05) is 18.9 Å². The molecule has 4 nitrogen and oxygen atoms in total. The van der Waals surface area contributed by atoms with Crippen LogP contribution in [-0.2, 0) is 0 Å². The molecule has 1 aliphatic carbocycles. The number of carbonyl (C=O) groups excluding carboxylic acids is 1. The second-order valence-electron chi connectivity index (χ2n) is 6.07. The van der Waals surface area contributed by atoms with Crippen LogP contribution in [0, 0.1) is 12.3 Å². The molecule has 1 fully saturated rings. The monoisotopic (exact) mass is 354 g/mol. The molecular weight excluding hydrogens is 332 g/mol. The fraction of sp³-hybridized carbons (Fsp3) is 0.562. The van der Waals surface area contributed by atoms with Crippen molar-refractivity contribution >= 4 is 27.5 Å². The van der Waals surface area contributed by atoms with E-state index in [4.69, 9.17) is 5.73 Å². The lowest BCUT2D eigenvalue weighted by Gasteiger charge is -2.35. The summed E-state index contributed by atoms with van der Waals surface area (Å²) >= 11 is 3.37. The lowest BCUT2D eigenvalue weighted by atomic mass is 9.74. The molecule has 4 N–H and O–H groups in total. The van der Waals surface area contributed by atoms with Gasteiger partial charge in [0.1, 0.15) is 0 Å². The molecule has 0 aliphatic heterocycles. The Bertz CT molecular complexity index is 525. The quantitative estimate of drug-likeness (QED) is 0.727. The van der Waals surface area contributed by atoms with E-state index in [1.807, 2.05) is 6.92 Å². The van der Waals surface area contributed by atoms with Crippen LogP contribution >= 0.6 is 15.9 Å². The van der Waals surface area contributed by atoms with Crippen molar-refractivity contribution in [2.45, 2.75) is 39.0 Å². The summed E-state index contributed by atoms with van der Waals surface area (Å²) in [6, 6.07) is 3.58. The van der Waals surface area contributed by atoms with Crippen LogP contribution in [0.25, 0.3) is 0 Å². The molecule has 0 heterocycles. The number of nitrogens with one attached hydrogen (secondary N) is 1. The number of aliphatic hydroxyl groups is 1. The highest BCUT2D eigenvalue weighted by Crippen LogP contribution is 2.35. The van der Waals surface area contributed by atoms with Crippen LogP contribution in [0.3, 0.4) is 0 Å². The van der Waals surface area contributed by atoms with Gasteiger partial charge in [-0.25, -0.2) is 0 Å². The molecule has 1 aliphatic rings. The van der Waals surface area contributed by atoms with E-state index in [0.717, 1.165) is 35.7 Å². The highest BCUT2D eigenvalue weighted by Gasteiger charge is 2.31. The summed E-state index contributed by atoms with van der Waals surface area (Å²) in [6.07, 6.45) is 5.42. The highest BCUT2D eigenvalue weighted by atomic mass is 79.9. The Hall–Kier alpha value is -1.07. The second-order valence-corrected chi connectivity index (χ2v) is 6.98. The first-order valence-electron chi connectivity index (χ1n) is 7.42. The summed E-state index contributed by atoms with van der Waals surface area (Å²) in [5.41, 5.74) is 7.73. The highest BCUT2D eigenvalue weighted by molar-refractivity contribution is 9.10. The van der Waals surface area contributed by atoms with Crippen LogP contribution in [-0.4, -0.2) is 24.2 Å². The number of aliphatic hydroxyl groups excluding tert-OH is 1. The number of nitrogens with two attached hydrogens (primary N) is 1. The van der Waals surface area contributed by atoms with Crippen LogP contribution in [0.4, 0.5) is 5.69 Å². The van der Waals surface area contributed by atoms with Gasteiger partial charge < -0.3 is 16.2 Å². The predicted molar refractivity (Wildman–Crippen MR) is 88.2 cm³/mol. The Balaban J connectivity index is 2.08. The summed E-state index contributed by atoms with van der Waals surface area (Å²) in [7, 11) is 0. The Kier molecular flexibility index (Phi) is 5.27. The molecule has 5 heteroatoms. The third kappa shape index (κ3) is 3.77. The number of nitrogen functional groups attached to an aromatic ring is 1. The zero-order valence-electron chi connectivity index (χ0n) is 12.4. The molecule has 2 rings (SSSR count). The zero-order chi connectivity index (χ0) is 15.5. The third-order valence-electron chi connectivity index (χ3n) is 4.53. The van der Waals surface area contributed by atoms with E-state index < -0.39 is 0 Å². The maximum Gasteiger partial charge on any atom is 0.251 e. The van der Waals surface area contributed by atoms with Crippen LogP contribution in [0.15, 0.2) is 16.6 Å². The fourth-order valence-electron chi connectivity index (χ4n) is 2.99. The smallest absolute Gasteiger partial charge is 0.251 e. The van der Waals surface area contributed by atoms with E-state index in [2.05, 4.69) is 21.2 Å². The van der Waals surface area contributed by atoms with Crippen molar-refractivity contribution in [1.82, 2.24) is 5.32 Å². The standard InChI is InChI=1S/C16H23BrN2O2/c1-11-13(7-12(17)8-14(11)18)15(21)19-9-16(10-20)5-3-2-4-6-16/h7-8,20H,2-6,9-10,18H2,1H3,(H,19,21). The van der Waals surface area contributed by atoms with Gasteiger partial charge in [-0.1, -0.05) is 35.2 Å². The molecule has 1 aromatic rings. The average Bonchev–Trinajstić information content (AvgIpc) is 2.49. The van der Waals surface area contributed by atoms with Gasteiger partial charge in [-0.3, -0.25) is 4.79 Å². The third-order valence-corrected chi connectivity index (χ3v) is 4.99. The number of carbonyl (C=O) groups is 1. The minimum absolute atomic E-state index is 0.126. The average molecular weight is 355 g/mol. The van der Waals surface area contributed by atoms with E-state index in [1.54, 1.807) is 12.1 Å². The lowest BCUT2D eigenvalue weighted by Crippen LogP contribution is -2.41. The number of amides is 1. The first kappa shape index (κ1) is 16.3. The van der Waals surface area contributed by atoms with Crippen LogP contribution in [0.5, 0.6) is 0 Å². The van der Waals surface area contributed by atoms with E-state index in [9.17, 15) is 9.90 Å². The van der Waals surface area contributed by atoms with Gasteiger partial charge in [0, 0.05) is 27.7 Å². The molecule has 0 aromatic heterocycles. The normalized spacial score (nSPS) is 17.5. The van der Waals surface area contributed by atoms with Crippen LogP contribution < -0.4 is 11.1 Å². The molecule has 0 unspecified atom stereocenters. The number of rotatable bonds is 4. The fourth-order valence-corrected chi connectivity index (χ4v) is 3.47. The van der Waals surface area contributed by atoms with E-state index in [-0.39, 0.29) is 17.9 Å². The molecule has 1 amide bonds. The summed E-state index contributed by atoms with van der Waals surface area (Å²) in [6.45, 7) is 2.50. The van der Waals surface area contributed by atoms with Crippen molar-refractivity contribution in [1.29, 1.82) is 0 Å². The lowest BCUT2D eigenvalue weighted by molar-refractivity contribution is 0.0717. The molecule has 0 spiro atoms. The Labute approximate surface area is 134 Å². The minimum atomic E-state index is -0.153. The number of hydrogen-bond acceptors (Lipinski definition) is 3. The van der Waals surface area contributed by atoms with Gasteiger partial charge in [0.05, 0.1) is 6.61 Å². The number of benzene rings is 1. The van der Waals surface area contributed by atoms with Gasteiger partial charge in [-0.05, 0) is 37.5 Å². The van der Waals surface area contributed by atoms with E-state index >= 15 is 0 Å². The molecular formula is C16H23BrN2O2. The van der Waals surface area contributed by atoms with Gasteiger partial charge in [0.15, 0.2) is 0 Å². The van der Waals surface area contributed by atoms with Crippen molar-refractivity contribution in [3.8, 4) is 0 Å². The number of anilines is 1. The Morgan fingerprint density at radius 1 is 1.38 bits per heavy atom. The van der Waals surface area contributed by atoms with Gasteiger partial charge in [0.25, 0.3) is 5.91 Å². The summed E-state index contributed by atoms with van der Waals surface area (Å²) < 4.78 is 0.797. The maximum atomic E-state index is 12.4. The number of hydrogen-bond donors (Lipinski definition) is 3. The van der Waals surface area contributed by atoms with Crippen LogP contribution in [0.2, 0.25) is 0 Å². The molecule has 21 heavy (non-hydrogen) atoms. The topological polar surface area (TPSA) is 75.4 Å². The molecule has 0 saturated heterocycles. The van der Waals surface area contributed by atoms with Gasteiger partial charge in [-0.15, -0.1) is 0 Å². The van der Waals surface area contributed by atoms with Crippen molar-refractivity contribution in [3.05, 3.63) is 27.7 Å². The molecule has 0 atom stereocenters. The van der Waals surface area contributed by atoms with Crippen molar-refractivity contribution < 1.29 is 9.90 Å². The zero-order valence-corrected chi connectivity index (χ0v) is 14.0. The van der Waals surface area contributed by atoms with Crippen LogP contribution in [0.1, 0.15) is 48.0 Å². The van der Waals surface area contributed by atoms with Gasteiger partial charge >= 0.3 is 0 Å². The summed E-state index contributed by atoms with van der Waals surface area (Å²) in [5, 5.41) is 12.7. The molecule has 1 saturated carbocycles. The molecule has 0 bridgehead atoms. The van der Waals surface area contributed by atoms with E-state index in [1.165, 1.54) is 6.42 Å². The van der Waals surface area contributed by atoms with Gasteiger partial charge in [0.2, 0.25) is 0 Å². The first-order chi connectivity index (χ1) is 9.97. The molecule has 116 valence electrons. The molecule has 1 aromatic carbocycles. The molecule has 0 radical (unpaired) electrons. The number of halogens is 1. The second kappa shape index (κ2) is 6.79. The van der Waals surface area contributed by atoms with Crippen molar-refractivity contribution in [3.63, 3.8) is 0 Å². The Morgan fingerprint density at radius 2 is 2.05 bits per heavy atom. The maximum absolute atomic E-state index is 12.4. The van der Waals surface area contributed by atoms with Crippen molar-refractivity contribution in [2.24, 2.45) is 5.41 Å². The first-order valence-corrected chi connectivity index (χ1v) is 8.21. The van der Waals surface area contributed by atoms with E-state index in [0.29, 0.717) is 17.8 Å². The largest absolute Gasteiger partial charge is 0.398 e. The minimum Gasteiger partial charge on any atom is -0.398 e. The Morgan fingerprint density at radius 3 is 2.67 bits per heavy atom. The van der Waals surface area contributed by atoms with Gasteiger partial charge in [-0.2, -0.15) is 0 Å².